The highest BCUT2D eigenvalue weighted by Crippen LogP contribution is 2.41. The van der Waals surface area contributed by atoms with Crippen LogP contribution in [0, 0.1) is 0 Å². The summed E-state index contributed by atoms with van der Waals surface area (Å²) in [4.78, 5) is 0. The highest BCUT2D eigenvalue weighted by atomic mass is 28.3. The quantitative estimate of drug-likeness (QED) is 0.214. The normalized spacial score (nSPS) is 15.9. The maximum atomic E-state index is 2.59. The number of benzene rings is 2. The minimum Gasteiger partial charge on any atom is -0.0793 e. The zero-order valence-electron chi connectivity index (χ0n) is 21.0. The Hall–Kier alpha value is -1.86. The SMILES string of the molecule is CCCCCCc1cc(CCCCCC)cc([Si](C)(C)C2C=CC=C2c2ccccc2)c1. The molecule has 2 aromatic rings. The summed E-state index contributed by atoms with van der Waals surface area (Å²) in [6.07, 6.45) is 20.3. The third-order valence-corrected chi connectivity index (χ3v) is 11.1. The number of hydrogen-bond donors (Lipinski definition) is 0. The van der Waals surface area contributed by atoms with E-state index in [9.17, 15) is 0 Å². The van der Waals surface area contributed by atoms with Crippen LogP contribution < -0.4 is 5.19 Å². The third-order valence-electron chi connectivity index (χ3n) is 7.23. The number of hydrogen-bond acceptors (Lipinski definition) is 0. The average Bonchev–Trinajstić information content (AvgIpc) is 3.31. The molecule has 0 fully saturated rings. The van der Waals surface area contributed by atoms with Gasteiger partial charge in [0.05, 0.1) is 8.07 Å². The van der Waals surface area contributed by atoms with Crippen LogP contribution in [0.2, 0.25) is 18.6 Å². The first-order chi connectivity index (χ1) is 15.6. The fraction of sp³-hybridized carbons (Fsp3) is 0.484. The maximum Gasteiger partial charge on any atom is 0.0919 e. The molecule has 3 rings (SSSR count). The van der Waals surface area contributed by atoms with Crippen LogP contribution in [0.3, 0.4) is 0 Å². The van der Waals surface area contributed by atoms with E-state index in [0.29, 0.717) is 5.54 Å². The van der Waals surface area contributed by atoms with Crippen LogP contribution in [-0.2, 0) is 12.8 Å². The smallest absolute Gasteiger partial charge is 0.0793 e. The van der Waals surface area contributed by atoms with Crippen LogP contribution in [0.25, 0.3) is 5.57 Å². The minimum atomic E-state index is -1.72. The molecule has 0 amide bonds. The Kier molecular flexibility index (Phi) is 9.60. The predicted molar refractivity (Wildman–Crippen MR) is 147 cm³/mol. The van der Waals surface area contributed by atoms with Crippen molar-refractivity contribution in [3.05, 3.63) is 83.4 Å². The Morgan fingerprint density at radius 3 is 1.88 bits per heavy atom. The maximum absolute atomic E-state index is 2.59. The van der Waals surface area contributed by atoms with Crippen molar-refractivity contribution < 1.29 is 0 Å². The van der Waals surface area contributed by atoms with Gasteiger partial charge in [-0.05, 0) is 47.9 Å². The van der Waals surface area contributed by atoms with Gasteiger partial charge in [0.15, 0.2) is 0 Å². The van der Waals surface area contributed by atoms with Crippen LogP contribution in [0.1, 0.15) is 81.9 Å². The van der Waals surface area contributed by atoms with E-state index in [1.54, 1.807) is 16.3 Å². The Morgan fingerprint density at radius 1 is 0.719 bits per heavy atom. The highest BCUT2D eigenvalue weighted by Gasteiger charge is 2.36. The van der Waals surface area contributed by atoms with Crippen molar-refractivity contribution in [3.8, 4) is 0 Å². The van der Waals surface area contributed by atoms with Gasteiger partial charge >= 0.3 is 0 Å². The van der Waals surface area contributed by atoms with Gasteiger partial charge in [0.1, 0.15) is 0 Å². The summed E-state index contributed by atoms with van der Waals surface area (Å²) in [5.41, 5.74) is 6.61. The van der Waals surface area contributed by atoms with E-state index in [1.165, 1.54) is 75.3 Å². The molecule has 1 heteroatoms. The van der Waals surface area contributed by atoms with E-state index in [1.807, 2.05) is 0 Å². The fourth-order valence-electron chi connectivity index (χ4n) is 5.13. The van der Waals surface area contributed by atoms with Gasteiger partial charge in [-0.25, -0.2) is 0 Å². The van der Waals surface area contributed by atoms with Crippen molar-refractivity contribution in [1.29, 1.82) is 0 Å². The molecule has 0 saturated heterocycles. The molecular formula is C31H44Si. The van der Waals surface area contributed by atoms with E-state index in [4.69, 9.17) is 0 Å². The largest absolute Gasteiger partial charge is 0.0919 e. The topological polar surface area (TPSA) is 0 Å². The lowest BCUT2D eigenvalue weighted by atomic mass is 10.0. The minimum absolute atomic E-state index is 0.549. The molecule has 172 valence electrons. The monoisotopic (exact) mass is 444 g/mol. The summed E-state index contributed by atoms with van der Waals surface area (Å²) >= 11 is 0. The van der Waals surface area contributed by atoms with Crippen LogP contribution >= 0.6 is 0 Å². The van der Waals surface area contributed by atoms with Crippen LogP contribution in [0.4, 0.5) is 0 Å². The van der Waals surface area contributed by atoms with Gasteiger partial charge in [-0.3, -0.25) is 0 Å². The van der Waals surface area contributed by atoms with E-state index in [-0.39, 0.29) is 0 Å². The lowest BCUT2D eigenvalue weighted by molar-refractivity contribution is 0.661. The molecule has 1 aliphatic rings. The molecular weight excluding hydrogens is 400 g/mol. The van der Waals surface area contributed by atoms with Crippen molar-refractivity contribution in [3.63, 3.8) is 0 Å². The molecule has 0 heterocycles. The summed E-state index contributed by atoms with van der Waals surface area (Å²) in [5, 5.41) is 1.65. The second-order valence-electron chi connectivity index (χ2n) is 10.2. The van der Waals surface area contributed by atoms with Gasteiger partial charge in [0.2, 0.25) is 0 Å². The Balaban J connectivity index is 1.85. The first-order valence-electron chi connectivity index (χ1n) is 13.1. The van der Waals surface area contributed by atoms with Crippen LogP contribution in [0.5, 0.6) is 0 Å². The molecule has 0 nitrogen and oxygen atoms in total. The van der Waals surface area contributed by atoms with E-state index in [0.717, 1.165) is 0 Å². The molecule has 0 saturated carbocycles. The summed E-state index contributed by atoms with van der Waals surface area (Å²) in [5.74, 6) is 0. The van der Waals surface area contributed by atoms with E-state index >= 15 is 0 Å². The Morgan fingerprint density at radius 2 is 1.31 bits per heavy atom. The zero-order chi connectivity index (χ0) is 22.8. The number of unbranched alkanes of at least 4 members (excludes halogenated alkanes) is 6. The van der Waals surface area contributed by atoms with Crippen LogP contribution in [-0.4, -0.2) is 8.07 Å². The molecule has 0 bridgehead atoms. The van der Waals surface area contributed by atoms with E-state index < -0.39 is 8.07 Å². The molecule has 0 N–H and O–H groups in total. The molecule has 0 aliphatic heterocycles. The summed E-state index contributed by atoms with van der Waals surface area (Å²) in [7, 11) is -1.72. The van der Waals surface area contributed by atoms with Gasteiger partial charge in [-0.1, -0.05) is 137 Å². The standard InChI is InChI=1S/C31H44Si/c1-5-7-9-12-17-26-23-27(18-13-10-8-6-2)25-29(24-26)32(3,4)31-22-16-21-30(31)28-19-14-11-15-20-28/h11,14-16,19-25,31H,5-10,12-13,17-18H2,1-4H3. The summed E-state index contributed by atoms with van der Waals surface area (Å²) in [6, 6.07) is 18.7. The zero-order valence-corrected chi connectivity index (χ0v) is 22.0. The Labute approximate surface area is 198 Å². The van der Waals surface area contributed by atoms with E-state index in [2.05, 4.69) is 93.7 Å². The molecule has 0 aromatic heterocycles. The van der Waals surface area contributed by atoms with Gasteiger partial charge in [0.25, 0.3) is 0 Å². The predicted octanol–water partition coefficient (Wildman–Crippen LogP) is 8.87. The van der Waals surface area contributed by atoms with Gasteiger partial charge in [0, 0.05) is 5.54 Å². The van der Waals surface area contributed by atoms with Crippen molar-refractivity contribution in [2.24, 2.45) is 0 Å². The molecule has 1 atom stereocenters. The highest BCUT2D eigenvalue weighted by molar-refractivity contribution is 6.92. The Bertz CT molecular complexity index is 858. The lowest BCUT2D eigenvalue weighted by Crippen LogP contribution is -2.46. The number of rotatable bonds is 13. The van der Waals surface area contributed by atoms with Crippen molar-refractivity contribution in [2.75, 3.05) is 0 Å². The molecule has 0 radical (unpaired) electrons. The fourth-order valence-corrected chi connectivity index (χ4v) is 8.23. The van der Waals surface area contributed by atoms with Crippen molar-refractivity contribution >= 4 is 18.8 Å². The first-order valence-corrected chi connectivity index (χ1v) is 16.2. The number of allylic oxidation sites excluding steroid dienone is 4. The molecule has 2 aromatic carbocycles. The van der Waals surface area contributed by atoms with Gasteiger partial charge in [-0.15, -0.1) is 0 Å². The number of aryl methyl sites for hydroxylation is 2. The summed E-state index contributed by atoms with van der Waals surface area (Å²) < 4.78 is 0. The molecule has 32 heavy (non-hydrogen) atoms. The molecule has 0 spiro atoms. The second-order valence-corrected chi connectivity index (χ2v) is 14.9. The van der Waals surface area contributed by atoms with Gasteiger partial charge < -0.3 is 0 Å². The van der Waals surface area contributed by atoms with Crippen LogP contribution in [0.15, 0.2) is 66.8 Å². The second kappa shape index (κ2) is 12.4. The summed E-state index contributed by atoms with van der Waals surface area (Å²) in [6.45, 7) is 9.77. The van der Waals surface area contributed by atoms with Crippen molar-refractivity contribution in [2.45, 2.75) is 96.7 Å². The average molecular weight is 445 g/mol. The third kappa shape index (κ3) is 6.58. The van der Waals surface area contributed by atoms with Crippen molar-refractivity contribution in [1.82, 2.24) is 0 Å². The molecule has 1 aliphatic carbocycles. The van der Waals surface area contributed by atoms with Gasteiger partial charge in [-0.2, -0.15) is 0 Å². The first kappa shape index (κ1) is 24.8. The molecule has 1 unspecified atom stereocenters. The lowest BCUT2D eigenvalue weighted by Gasteiger charge is -2.32.